The zero-order valence-electron chi connectivity index (χ0n) is 17.9. The molecule has 0 spiro atoms. The van der Waals surface area contributed by atoms with E-state index in [4.69, 9.17) is 19.4 Å². The Morgan fingerprint density at radius 2 is 1.83 bits per heavy atom. The van der Waals surface area contributed by atoms with Crippen molar-refractivity contribution >= 4 is 22.9 Å². The molecular weight excluding hydrogens is 384 g/mol. The van der Waals surface area contributed by atoms with Crippen LogP contribution in [0.5, 0.6) is 5.88 Å². The number of amides is 1. The van der Waals surface area contributed by atoms with E-state index in [1.165, 1.54) is 0 Å². The third-order valence-corrected chi connectivity index (χ3v) is 5.41. The first-order chi connectivity index (χ1) is 14.3. The van der Waals surface area contributed by atoms with Crippen molar-refractivity contribution in [3.05, 3.63) is 24.3 Å². The van der Waals surface area contributed by atoms with E-state index in [9.17, 15) is 9.90 Å². The second-order valence-corrected chi connectivity index (χ2v) is 9.01. The van der Waals surface area contributed by atoms with E-state index in [-0.39, 0.29) is 18.3 Å². The van der Waals surface area contributed by atoms with Gasteiger partial charge in [0.2, 0.25) is 11.8 Å². The number of piperazine rings is 1. The molecule has 1 N–H and O–H groups in total. The Bertz CT molecular complexity index is 906. The molecule has 1 amide bonds. The molecule has 30 heavy (non-hydrogen) atoms. The average molecular weight is 415 g/mol. The van der Waals surface area contributed by atoms with Crippen LogP contribution in [0.15, 0.2) is 24.3 Å². The highest BCUT2D eigenvalue weighted by Crippen LogP contribution is 2.30. The van der Waals surface area contributed by atoms with Gasteiger partial charge in [0.1, 0.15) is 11.7 Å². The molecule has 2 atom stereocenters. The number of aliphatic hydroxyl groups excluding tert-OH is 1. The smallest absolute Gasteiger partial charge is 0.410 e. The van der Waals surface area contributed by atoms with Crippen LogP contribution in [0.1, 0.15) is 40.0 Å². The minimum Gasteiger partial charge on any atom is -0.474 e. The number of nitrogens with zero attached hydrogens (tertiary/aromatic N) is 4. The van der Waals surface area contributed by atoms with Crippen LogP contribution >= 0.6 is 0 Å². The lowest BCUT2D eigenvalue weighted by Crippen LogP contribution is -2.50. The van der Waals surface area contributed by atoms with Crippen molar-refractivity contribution < 1.29 is 19.4 Å². The van der Waals surface area contributed by atoms with Gasteiger partial charge >= 0.3 is 6.09 Å². The highest BCUT2D eigenvalue weighted by atomic mass is 16.6. The molecule has 0 radical (unpaired) electrons. The SMILES string of the molecule is CC(C)(C)OC(=O)N1CCN(c2nc(OC3CCC(O)C3)c3ccccc3n2)CC1. The molecule has 1 aliphatic heterocycles. The predicted molar refractivity (Wildman–Crippen MR) is 114 cm³/mol. The number of aliphatic hydroxyl groups is 1. The highest BCUT2D eigenvalue weighted by molar-refractivity contribution is 5.84. The van der Waals surface area contributed by atoms with Crippen molar-refractivity contribution in [1.29, 1.82) is 0 Å². The molecule has 1 saturated carbocycles. The van der Waals surface area contributed by atoms with E-state index in [1.54, 1.807) is 4.90 Å². The van der Waals surface area contributed by atoms with Crippen molar-refractivity contribution in [3.63, 3.8) is 0 Å². The Kier molecular flexibility index (Phi) is 5.69. The van der Waals surface area contributed by atoms with Crippen LogP contribution in [-0.4, -0.2) is 70.1 Å². The van der Waals surface area contributed by atoms with Crippen LogP contribution in [-0.2, 0) is 4.74 Å². The Labute approximate surface area is 176 Å². The molecule has 2 heterocycles. The first-order valence-corrected chi connectivity index (χ1v) is 10.6. The number of ether oxygens (including phenoxy) is 2. The molecule has 2 unspecified atom stereocenters. The van der Waals surface area contributed by atoms with E-state index in [0.29, 0.717) is 44.4 Å². The summed E-state index contributed by atoms with van der Waals surface area (Å²) in [6.45, 7) is 7.96. The molecular formula is C22H30N4O4. The molecule has 2 aromatic rings. The molecule has 2 fully saturated rings. The summed E-state index contributed by atoms with van der Waals surface area (Å²) in [6, 6.07) is 7.80. The molecule has 0 bridgehead atoms. The monoisotopic (exact) mass is 414 g/mol. The summed E-state index contributed by atoms with van der Waals surface area (Å²) in [5, 5.41) is 10.7. The van der Waals surface area contributed by atoms with Gasteiger partial charge in [0, 0.05) is 32.6 Å². The van der Waals surface area contributed by atoms with Crippen molar-refractivity contribution in [1.82, 2.24) is 14.9 Å². The molecule has 162 valence electrons. The van der Waals surface area contributed by atoms with E-state index >= 15 is 0 Å². The zero-order valence-corrected chi connectivity index (χ0v) is 17.9. The molecule has 1 saturated heterocycles. The summed E-state index contributed by atoms with van der Waals surface area (Å²) in [5.41, 5.74) is 0.320. The third-order valence-electron chi connectivity index (χ3n) is 5.41. The van der Waals surface area contributed by atoms with E-state index < -0.39 is 5.60 Å². The topological polar surface area (TPSA) is 88.0 Å². The first kappa shape index (κ1) is 20.7. The number of hydrogen-bond donors (Lipinski definition) is 1. The average Bonchev–Trinajstić information content (AvgIpc) is 3.11. The lowest BCUT2D eigenvalue weighted by molar-refractivity contribution is 0.0240. The number of benzene rings is 1. The largest absolute Gasteiger partial charge is 0.474 e. The molecule has 4 rings (SSSR count). The van der Waals surface area contributed by atoms with Gasteiger partial charge in [0.05, 0.1) is 17.0 Å². The maximum Gasteiger partial charge on any atom is 0.410 e. The van der Waals surface area contributed by atoms with Gasteiger partial charge in [-0.1, -0.05) is 12.1 Å². The lowest BCUT2D eigenvalue weighted by atomic mass is 10.2. The summed E-state index contributed by atoms with van der Waals surface area (Å²) in [5.74, 6) is 1.16. The second-order valence-electron chi connectivity index (χ2n) is 9.01. The van der Waals surface area contributed by atoms with Crippen molar-refractivity contribution in [3.8, 4) is 5.88 Å². The predicted octanol–water partition coefficient (Wildman–Crippen LogP) is 2.98. The minimum atomic E-state index is -0.504. The van der Waals surface area contributed by atoms with Gasteiger partial charge in [-0.05, 0) is 45.7 Å². The van der Waals surface area contributed by atoms with Crippen molar-refractivity contribution in [2.45, 2.75) is 57.8 Å². The van der Waals surface area contributed by atoms with Crippen LogP contribution < -0.4 is 9.64 Å². The molecule has 1 aromatic carbocycles. The number of aromatic nitrogens is 2. The Balaban J connectivity index is 1.50. The zero-order chi connectivity index (χ0) is 21.3. The summed E-state index contributed by atoms with van der Waals surface area (Å²) < 4.78 is 11.7. The van der Waals surface area contributed by atoms with E-state index in [1.807, 2.05) is 45.0 Å². The highest BCUT2D eigenvalue weighted by Gasteiger charge is 2.29. The molecule has 2 aliphatic rings. The third kappa shape index (κ3) is 4.75. The lowest BCUT2D eigenvalue weighted by Gasteiger charge is -2.35. The van der Waals surface area contributed by atoms with Gasteiger partial charge in [0.25, 0.3) is 0 Å². The van der Waals surface area contributed by atoms with Crippen LogP contribution in [0.2, 0.25) is 0 Å². The normalized spacial score (nSPS) is 22.4. The van der Waals surface area contributed by atoms with Gasteiger partial charge in [-0.25, -0.2) is 9.78 Å². The minimum absolute atomic E-state index is 0.0322. The molecule has 8 nitrogen and oxygen atoms in total. The van der Waals surface area contributed by atoms with Gasteiger partial charge in [-0.3, -0.25) is 0 Å². The van der Waals surface area contributed by atoms with Crippen LogP contribution in [0.4, 0.5) is 10.7 Å². The number of rotatable bonds is 3. The van der Waals surface area contributed by atoms with Gasteiger partial charge in [-0.15, -0.1) is 0 Å². The van der Waals surface area contributed by atoms with Gasteiger partial charge in [0.15, 0.2) is 0 Å². The van der Waals surface area contributed by atoms with E-state index in [2.05, 4.69) is 4.90 Å². The van der Waals surface area contributed by atoms with E-state index in [0.717, 1.165) is 23.7 Å². The summed E-state index contributed by atoms with van der Waals surface area (Å²) in [4.78, 5) is 25.6. The van der Waals surface area contributed by atoms with Crippen molar-refractivity contribution in [2.75, 3.05) is 31.1 Å². The fourth-order valence-electron chi connectivity index (χ4n) is 3.86. The van der Waals surface area contributed by atoms with Crippen molar-refractivity contribution in [2.24, 2.45) is 0 Å². The standard InChI is InChI=1S/C22H30N4O4/c1-22(2,3)30-21(28)26-12-10-25(11-13-26)20-23-18-7-5-4-6-17(18)19(24-20)29-16-9-8-15(27)14-16/h4-7,15-16,27H,8-14H2,1-3H3. The molecule has 8 heteroatoms. The summed E-state index contributed by atoms with van der Waals surface area (Å²) >= 11 is 0. The van der Waals surface area contributed by atoms with Crippen LogP contribution in [0.3, 0.4) is 0 Å². The molecule has 1 aromatic heterocycles. The maximum absolute atomic E-state index is 12.3. The first-order valence-electron chi connectivity index (χ1n) is 10.6. The number of carbonyl (C=O) groups is 1. The Morgan fingerprint density at radius 3 is 2.50 bits per heavy atom. The Morgan fingerprint density at radius 1 is 1.10 bits per heavy atom. The fourth-order valence-corrected chi connectivity index (χ4v) is 3.86. The number of carbonyl (C=O) groups excluding carboxylic acids is 1. The number of fused-ring (bicyclic) bond motifs is 1. The van der Waals surface area contributed by atoms with Crippen LogP contribution in [0, 0.1) is 0 Å². The summed E-state index contributed by atoms with van der Waals surface area (Å²) in [6.07, 6.45) is 1.59. The molecule has 1 aliphatic carbocycles. The van der Waals surface area contributed by atoms with Gasteiger partial charge < -0.3 is 24.4 Å². The van der Waals surface area contributed by atoms with Gasteiger partial charge in [-0.2, -0.15) is 4.98 Å². The van der Waals surface area contributed by atoms with Crippen LogP contribution in [0.25, 0.3) is 10.9 Å². The fraction of sp³-hybridized carbons (Fsp3) is 0.591. The quantitative estimate of drug-likeness (QED) is 0.826. The summed E-state index contributed by atoms with van der Waals surface area (Å²) in [7, 11) is 0. The number of hydrogen-bond acceptors (Lipinski definition) is 7. The second kappa shape index (κ2) is 8.26. The number of para-hydroxylation sites is 1. The number of anilines is 1. The Hall–Kier alpha value is -2.61. The maximum atomic E-state index is 12.3.